The van der Waals surface area contributed by atoms with Crippen LogP contribution in [0.4, 0.5) is 11.5 Å². The van der Waals surface area contributed by atoms with E-state index in [1.54, 1.807) is 6.20 Å². The largest absolute Gasteiger partial charge is 0.397 e. The molecule has 1 aromatic rings. The lowest BCUT2D eigenvalue weighted by Gasteiger charge is -2.20. The minimum atomic E-state index is 0.757. The maximum atomic E-state index is 5.75. The van der Waals surface area contributed by atoms with E-state index in [0.717, 1.165) is 30.2 Å². The van der Waals surface area contributed by atoms with Gasteiger partial charge < -0.3 is 16.0 Å². The van der Waals surface area contributed by atoms with Crippen LogP contribution >= 0.6 is 0 Å². The van der Waals surface area contributed by atoms with Crippen LogP contribution in [0.3, 0.4) is 0 Å². The van der Waals surface area contributed by atoms with Crippen LogP contribution < -0.4 is 11.1 Å². The molecule has 0 radical (unpaired) electrons. The molecule has 18 heavy (non-hydrogen) atoms. The maximum Gasteiger partial charge on any atom is 0.126 e. The van der Waals surface area contributed by atoms with Gasteiger partial charge in [0.15, 0.2) is 0 Å². The minimum absolute atomic E-state index is 0.757. The van der Waals surface area contributed by atoms with Gasteiger partial charge in [0.2, 0.25) is 0 Å². The number of hydrogen-bond donors (Lipinski definition) is 2. The summed E-state index contributed by atoms with van der Waals surface area (Å²) in [6.07, 6.45) is 7.20. The molecular formula is C14H24N4. The molecular weight excluding hydrogens is 224 g/mol. The number of nitrogens with two attached hydrogens (primary N) is 1. The van der Waals surface area contributed by atoms with E-state index in [1.807, 2.05) is 13.0 Å². The fourth-order valence-corrected chi connectivity index (χ4v) is 2.37. The Morgan fingerprint density at radius 1 is 1.28 bits per heavy atom. The van der Waals surface area contributed by atoms with Gasteiger partial charge in [-0.25, -0.2) is 4.98 Å². The van der Waals surface area contributed by atoms with Gasteiger partial charge in [0.05, 0.1) is 11.9 Å². The van der Waals surface area contributed by atoms with Gasteiger partial charge in [-0.3, -0.25) is 0 Å². The SMILES string of the molecule is Cc1cc(NCCN2CCCCCC2)ncc1N. The standard InChI is InChI=1S/C14H24N4/c1-12-10-14(17-11-13(12)15)16-6-9-18-7-4-2-3-5-8-18/h10-11H,2-9,15H2,1H3,(H,16,17). The van der Waals surface area contributed by atoms with Gasteiger partial charge in [-0.1, -0.05) is 12.8 Å². The number of nitrogens with zero attached hydrogens (tertiary/aromatic N) is 2. The van der Waals surface area contributed by atoms with Gasteiger partial charge in [0.25, 0.3) is 0 Å². The number of pyridine rings is 1. The Hall–Kier alpha value is -1.29. The summed E-state index contributed by atoms with van der Waals surface area (Å²) in [7, 11) is 0. The van der Waals surface area contributed by atoms with E-state index in [9.17, 15) is 0 Å². The summed E-state index contributed by atoms with van der Waals surface area (Å²) in [6.45, 7) is 6.56. The number of aromatic nitrogens is 1. The van der Waals surface area contributed by atoms with Crippen molar-refractivity contribution in [1.29, 1.82) is 0 Å². The smallest absolute Gasteiger partial charge is 0.126 e. The number of likely N-dealkylation sites (tertiary alicyclic amines) is 1. The summed E-state index contributed by atoms with van der Waals surface area (Å²) in [6, 6.07) is 2.01. The van der Waals surface area contributed by atoms with E-state index in [2.05, 4.69) is 15.2 Å². The lowest BCUT2D eigenvalue weighted by atomic mass is 10.2. The fourth-order valence-electron chi connectivity index (χ4n) is 2.37. The Bertz CT molecular complexity index is 370. The topological polar surface area (TPSA) is 54.2 Å². The van der Waals surface area contributed by atoms with Gasteiger partial charge in [0, 0.05) is 13.1 Å². The summed E-state index contributed by atoms with van der Waals surface area (Å²) in [5.41, 5.74) is 7.60. The first-order chi connectivity index (χ1) is 8.75. The van der Waals surface area contributed by atoms with Crippen LogP contribution in [0.2, 0.25) is 0 Å². The zero-order valence-corrected chi connectivity index (χ0v) is 11.3. The second-order valence-corrected chi connectivity index (χ2v) is 5.11. The molecule has 0 unspecified atom stereocenters. The highest BCUT2D eigenvalue weighted by Gasteiger charge is 2.08. The van der Waals surface area contributed by atoms with Gasteiger partial charge in [-0.2, -0.15) is 0 Å². The maximum absolute atomic E-state index is 5.75. The zero-order valence-electron chi connectivity index (χ0n) is 11.3. The fraction of sp³-hybridized carbons (Fsp3) is 0.643. The predicted molar refractivity (Wildman–Crippen MR) is 76.8 cm³/mol. The minimum Gasteiger partial charge on any atom is -0.397 e. The summed E-state index contributed by atoms with van der Waals surface area (Å²) < 4.78 is 0. The van der Waals surface area contributed by atoms with E-state index in [4.69, 9.17) is 5.73 Å². The van der Waals surface area contributed by atoms with Crippen molar-refractivity contribution in [3.05, 3.63) is 17.8 Å². The lowest BCUT2D eigenvalue weighted by molar-refractivity contribution is 0.296. The van der Waals surface area contributed by atoms with Crippen LogP contribution in [-0.2, 0) is 0 Å². The second-order valence-electron chi connectivity index (χ2n) is 5.11. The molecule has 3 N–H and O–H groups in total. The number of nitrogen functional groups attached to an aromatic ring is 1. The summed E-state index contributed by atoms with van der Waals surface area (Å²) in [5.74, 6) is 0.927. The van der Waals surface area contributed by atoms with Crippen molar-refractivity contribution >= 4 is 11.5 Å². The first-order valence-corrected chi connectivity index (χ1v) is 6.94. The Balaban J connectivity index is 1.75. The Morgan fingerprint density at radius 2 is 2.00 bits per heavy atom. The molecule has 2 rings (SSSR count). The van der Waals surface area contributed by atoms with Crippen molar-refractivity contribution in [1.82, 2.24) is 9.88 Å². The quantitative estimate of drug-likeness (QED) is 0.858. The Labute approximate surface area is 110 Å². The third kappa shape index (κ3) is 3.88. The Kier molecular flexibility index (Phi) is 4.81. The molecule has 4 heteroatoms. The summed E-state index contributed by atoms with van der Waals surface area (Å²) >= 11 is 0. The monoisotopic (exact) mass is 248 g/mol. The van der Waals surface area contributed by atoms with Crippen LogP contribution in [0.25, 0.3) is 0 Å². The molecule has 1 aliphatic heterocycles. The average Bonchev–Trinajstić information content (AvgIpc) is 2.62. The molecule has 0 atom stereocenters. The lowest BCUT2D eigenvalue weighted by Crippen LogP contribution is -2.30. The first-order valence-electron chi connectivity index (χ1n) is 6.94. The van der Waals surface area contributed by atoms with E-state index < -0.39 is 0 Å². The predicted octanol–water partition coefficient (Wildman–Crippen LogP) is 2.26. The molecule has 0 aromatic carbocycles. The van der Waals surface area contributed by atoms with E-state index in [0.29, 0.717) is 0 Å². The molecule has 1 aromatic heterocycles. The van der Waals surface area contributed by atoms with Crippen molar-refractivity contribution in [2.24, 2.45) is 0 Å². The average molecular weight is 248 g/mol. The van der Waals surface area contributed by atoms with E-state index in [1.165, 1.54) is 38.8 Å². The molecule has 0 bridgehead atoms. The number of nitrogens with one attached hydrogen (secondary N) is 1. The van der Waals surface area contributed by atoms with Crippen LogP contribution in [0.15, 0.2) is 12.3 Å². The highest BCUT2D eigenvalue weighted by atomic mass is 15.1. The molecule has 0 aliphatic carbocycles. The molecule has 0 amide bonds. The van der Waals surface area contributed by atoms with Crippen molar-refractivity contribution in [2.75, 3.05) is 37.2 Å². The van der Waals surface area contributed by atoms with Crippen molar-refractivity contribution in [3.63, 3.8) is 0 Å². The van der Waals surface area contributed by atoms with Gasteiger partial charge in [-0.05, 0) is 44.5 Å². The molecule has 4 nitrogen and oxygen atoms in total. The number of aryl methyl sites for hydroxylation is 1. The highest BCUT2D eigenvalue weighted by Crippen LogP contribution is 2.13. The molecule has 100 valence electrons. The molecule has 0 saturated carbocycles. The number of hydrogen-bond acceptors (Lipinski definition) is 4. The Morgan fingerprint density at radius 3 is 2.67 bits per heavy atom. The molecule has 2 heterocycles. The molecule has 0 spiro atoms. The van der Waals surface area contributed by atoms with Crippen LogP contribution in [0.1, 0.15) is 31.2 Å². The van der Waals surface area contributed by atoms with Gasteiger partial charge in [-0.15, -0.1) is 0 Å². The summed E-state index contributed by atoms with van der Waals surface area (Å²) in [4.78, 5) is 6.83. The van der Waals surface area contributed by atoms with Crippen LogP contribution in [0, 0.1) is 6.92 Å². The van der Waals surface area contributed by atoms with Crippen molar-refractivity contribution in [2.45, 2.75) is 32.6 Å². The van der Waals surface area contributed by atoms with Crippen LogP contribution in [0.5, 0.6) is 0 Å². The molecule has 1 fully saturated rings. The molecule has 1 aliphatic rings. The second kappa shape index (κ2) is 6.59. The van der Waals surface area contributed by atoms with Crippen LogP contribution in [-0.4, -0.2) is 36.1 Å². The molecule has 1 saturated heterocycles. The van der Waals surface area contributed by atoms with Crippen molar-refractivity contribution in [3.8, 4) is 0 Å². The van der Waals surface area contributed by atoms with E-state index >= 15 is 0 Å². The zero-order chi connectivity index (χ0) is 12.8. The number of rotatable bonds is 4. The number of anilines is 2. The summed E-state index contributed by atoms with van der Waals surface area (Å²) in [5, 5.41) is 3.37. The third-order valence-electron chi connectivity index (χ3n) is 3.58. The van der Waals surface area contributed by atoms with Gasteiger partial charge in [0.1, 0.15) is 5.82 Å². The third-order valence-corrected chi connectivity index (χ3v) is 3.58. The highest BCUT2D eigenvalue weighted by molar-refractivity contribution is 5.50. The van der Waals surface area contributed by atoms with Gasteiger partial charge >= 0.3 is 0 Å². The normalized spacial score (nSPS) is 17.4. The first kappa shape index (κ1) is 13.1. The van der Waals surface area contributed by atoms with Crippen molar-refractivity contribution < 1.29 is 0 Å². The van der Waals surface area contributed by atoms with E-state index in [-0.39, 0.29) is 0 Å².